The fourth-order valence-electron chi connectivity index (χ4n) is 0.736. The minimum Gasteiger partial charge on any atom is -0.508 e. The minimum absolute atomic E-state index is 0.258. The molecule has 1 rings (SSSR count). The number of aliphatic hydroxyl groups is 1. The Labute approximate surface area is 54.7 Å². The normalized spacial score (nSPS) is 34.2. The summed E-state index contributed by atoms with van der Waals surface area (Å²) in [7, 11) is 0. The highest BCUT2D eigenvalue weighted by Crippen LogP contribution is 2.15. The van der Waals surface area contributed by atoms with Crippen molar-refractivity contribution in [2.45, 2.75) is 18.9 Å². The molecule has 3 N–H and O–H groups in total. The molecule has 0 heterocycles. The third-order valence-corrected chi connectivity index (χ3v) is 1.39. The highest BCUT2D eigenvalue weighted by atomic mass is 16.3. The lowest BCUT2D eigenvalue weighted by atomic mass is 9.95. The van der Waals surface area contributed by atoms with Gasteiger partial charge in [-0.2, -0.15) is 0 Å². The third-order valence-electron chi connectivity index (χ3n) is 1.39. The Kier molecular flexibility index (Phi) is 1.33. The Morgan fingerprint density at radius 2 is 2.44 bits per heavy atom. The van der Waals surface area contributed by atoms with Gasteiger partial charge in [0.2, 0.25) is 0 Å². The summed E-state index contributed by atoms with van der Waals surface area (Å²) < 4.78 is 0. The van der Waals surface area contributed by atoms with Gasteiger partial charge >= 0.3 is 0 Å². The molecule has 0 aromatic carbocycles. The van der Waals surface area contributed by atoms with E-state index >= 15 is 0 Å². The van der Waals surface area contributed by atoms with Gasteiger partial charge in [-0.05, 0) is 25.5 Å². The van der Waals surface area contributed by atoms with Crippen LogP contribution in [0.4, 0.5) is 0 Å². The first kappa shape index (κ1) is 6.36. The number of allylic oxidation sites excluding steroid dienone is 1. The Morgan fingerprint density at radius 1 is 1.78 bits per heavy atom. The summed E-state index contributed by atoms with van der Waals surface area (Å²) in [4.78, 5) is 0. The van der Waals surface area contributed by atoms with Crippen LogP contribution in [0.15, 0.2) is 24.0 Å². The van der Waals surface area contributed by atoms with E-state index in [2.05, 4.69) is 0 Å². The second kappa shape index (κ2) is 1.88. The molecule has 0 radical (unpaired) electrons. The van der Waals surface area contributed by atoms with Gasteiger partial charge < -0.3 is 10.8 Å². The summed E-state index contributed by atoms with van der Waals surface area (Å²) in [6, 6.07) is 0. The predicted octanol–water partition coefficient (Wildman–Crippen LogP) is 1.11. The van der Waals surface area contributed by atoms with Crippen LogP contribution in [0.25, 0.3) is 0 Å². The molecule has 1 unspecified atom stereocenters. The Bertz CT molecular complexity index is 168. The summed E-state index contributed by atoms with van der Waals surface area (Å²) in [6.45, 7) is 1.92. The number of rotatable bonds is 0. The molecule has 0 aromatic rings. The molecule has 0 aliphatic heterocycles. The quantitative estimate of drug-likeness (QED) is 0.509. The molecule has 1 aliphatic carbocycles. The lowest BCUT2D eigenvalue weighted by molar-refractivity contribution is 0.417. The molecule has 0 fully saturated rings. The average molecular weight is 125 g/mol. The van der Waals surface area contributed by atoms with E-state index in [4.69, 9.17) is 10.8 Å². The molecular weight excluding hydrogens is 114 g/mol. The molecule has 0 amide bonds. The van der Waals surface area contributed by atoms with Gasteiger partial charge in [-0.25, -0.2) is 0 Å². The summed E-state index contributed by atoms with van der Waals surface area (Å²) in [5.41, 5.74) is 5.44. The van der Waals surface area contributed by atoms with Crippen molar-refractivity contribution in [2.75, 3.05) is 0 Å². The number of hydrogen-bond donors (Lipinski definition) is 2. The van der Waals surface area contributed by atoms with Crippen molar-refractivity contribution in [3.8, 4) is 0 Å². The standard InChI is InChI=1S/C7H11NO/c1-7(8)4-2-6(9)3-5-7/h2-4,9H,5,8H2,1H3. The fourth-order valence-corrected chi connectivity index (χ4v) is 0.736. The highest BCUT2D eigenvalue weighted by Gasteiger charge is 2.15. The average Bonchev–Trinajstić information content (AvgIpc) is 1.78. The van der Waals surface area contributed by atoms with Crippen LogP contribution in [0.3, 0.4) is 0 Å². The van der Waals surface area contributed by atoms with E-state index in [9.17, 15) is 0 Å². The van der Waals surface area contributed by atoms with E-state index in [0.717, 1.165) is 6.42 Å². The monoisotopic (exact) mass is 125 g/mol. The van der Waals surface area contributed by atoms with Crippen LogP contribution in [0.5, 0.6) is 0 Å². The van der Waals surface area contributed by atoms with E-state index in [0.29, 0.717) is 5.76 Å². The fraction of sp³-hybridized carbons (Fsp3) is 0.429. The molecule has 2 nitrogen and oxygen atoms in total. The van der Waals surface area contributed by atoms with Gasteiger partial charge in [0.1, 0.15) is 5.76 Å². The van der Waals surface area contributed by atoms with Crippen molar-refractivity contribution in [3.63, 3.8) is 0 Å². The van der Waals surface area contributed by atoms with Gasteiger partial charge in [0, 0.05) is 5.54 Å². The lowest BCUT2D eigenvalue weighted by Gasteiger charge is -2.20. The van der Waals surface area contributed by atoms with Crippen molar-refractivity contribution in [1.29, 1.82) is 0 Å². The van der Waals surface area contributed by atoms with Gasteiger partial charge in [-0.3, -0.25) is 0 Å². The summed E-state index contributed by atoms with van der Waals surface area (Å²) in [5.74, 6) is 0.318. The number of nitrogens with two attached hydrogens (primary N) is 1. The van der Waals surface area contributed by atoms with Crippen molar-refractivity contribution in [3.05, 3.63) is 24.0 Å². The maximum absolute atomic E-state index is 8.86. The maximum atomic E-state index is 8.86. The Balaban J connectivity index is 2.70. The molecule has 50 valence electrons. The van der Waals surface area contributed by atoms with Crippen molar-refractivity contribution in [2.24, 2.45) is 5.73 Å². The second-order valence-electron chi connectivity index (χ2n) is 2.67. The molecule has 0 spiro atoms. The minimum atomic E-state index is -0.258. The van der Waals surface area contributed by atoms with Gasteiger partial charge in [0.05, 0.1) is 0 Å². The van der Waals surface area contributed by atoms with Crippen LogP contribution in [0.1, 0.15) is 13.3 Å². The zero-order valence-corrected chi connectivity index (χ0v) is 5.46. The van der Waals surface area contributed by atoms with E-state index in [1.807, 2.05) is 13.0 Å². The summed E-state index contributed by atoms with van der Waals surface area (Å²) in [6.07, 6.45) is 5.88. The SMILES string of the molecule is CC1(N)C=CC(O)=CC1. The number of aliphatic hydroxyl groups excluding tert-OH is 1. The topological polar surface area (TPSA) is 46.2 Å². The smallest absolute Gasteiger partial charge is 0.111 e. The molecular formula is C7H11NO. The third kappa shape index (κ3) is 1.57. The van der Waals surface area contributed by atoms with Gasteiger partial charge in [0.25, 0.3) is 0 Å². The molecule has 0 saturated carbocycles. The first-order valence-corrected chi connectivity index (χ1v) is 2.97. The van der Waals surface area contributed by atoms with Crippen LogP contribution >= 0.6 is 0 Å². The zero-order valence-electron chi connectivity index (χ0n) is 5.46. The van der Waals surface area contributed by atoms with Crippen molar-refractivity contribution in [1.82, 2.24) is 0 Å². The largest absolute Gasteiger partial charge is 0.508 e. The van der Waals surface area contributed by atoms with Gasteiger partial charge in [0.15, 0.2) is 0 Å². The Hall–Kier alpha value is -0.760. The first-order chi connectivity index (χ1) is 4.10. The molecule has 0 bridgehead atoms. The highest BCUT2D eigenvalue weighted by molar-refractivity contribution is 5.22. The van der Waals surface area contributed by atoms with Gasteiger partial charge in [-0.15, -0.1) is 0 Å². The van der Waals surface area contributed by atoms with E-state index in [-0.39, 0.29) is 5.54 Å². The Morgan fingerprint density at radius 3 is 2.78 bits per heavy atom. The maximum Gasteiger partial charge on any atom is 0.111 e. The van der Waals surface area contributed by atoms with Crippen LogP contribution in [0, 0.1) is 0 Å². The summed E-state index contributed by atoms with van der Waals surface area (Å²) >= 11 is 0. The van der Waals surface area contributed by atoms with Crippen molar-refractivity contribution < 1.29 is 5.11 Å². The second-order valence-corrected chi connectivity index (χ2v) is 2.67. The van der Waals surface area contributed by atoms with E-state index in [1.54, 1.807) is 12.2 Å². The van der Waals surface area contributed by atoms with Crippen LogP contribution in [0.2, 0.25) is 0 Å². The zero-order chi connectivity index (χ0) is 6.91. The number of hydrogen-bond acceptors (Lipinski definition) is 2. The van der Waals surface area contributed by atoms with Crippen LogP contribution in [-0.2, 0) is 0 Å². The van der Waals surface area contributed by atoms with Crippen LogP contribution in [-0.4, -0.2) is 10.6 Å². The van der Waals surface area contributed by atoms with E-state index in [1.165, 1.54) is 0 Å². The molecule has 0 saturated heterocycles. The lowest BCUT2D eigenvalue weighted by Crippen LogP contribution is -2.33. The molecule has 1 aliphatic rings. The molecule has 0 aromatic heterocycles. The first-order valence-electron chi connectivity index (χ1n) is 2.97. The van der Waals surface area contributed by atoms with Gasteiger partial charge in [-0.1, -0.05) is 6.08 Å². The summed E-state index contributed by atoms with van der Waals surface area (Å²) in [5, 5.41) is 8.86. The molecule has 2 heteroatoms. The van der Waals surface area contributed by atoms with Crippen LogP contribution < -0.4 is 5.73 Å². The molecule has 1 atom stereocenters. The van der Waals surface area contributed by atoms with E-state index < -0.39 is 0 Å². The van der Waals surface area contributed by atoms with Crippen molar-refractivity contribution >= 4 is 0 Å². The molecule has 9 heavy (non-hydrogen) atoms. The predicted molar refractivity (Wildman–Crippen MR) is 37.1 cm³/mol.